The van der Waals surface area contributed by atoms with Crippen LogP contribution in [-0.2, 0) is 16.1 Å². The highest BCUT2D eigenvalue weighted by molar-refractivity contribution is 6.30. The second-order valence-corrected chi connectivity index (χ2v) is 5.31. The van der Waals surface area contributed by atoms with E-state index < -0.39 is 0 Å². The maximum absolute atomic E-state index is 12.7. The lowest BCUT2D eigenvalue weighted by Crippen LogP contribution is -2.32. The summed E-state index contributed by atoms with van der Waals surface area (Å²) in [6.45, 7) is 2.58. The van der Waals surface area contributed by atoms with Crippen LogP contribution in [0, 0.1) is 0 Å². The molecule has 0 N–H and O–H groups in total. The van der Waals surface area contributed by atoms with E-state index in [4.69, 9.17) is 20.8 Å². The first-order valence-corrected chi connectivity index (χ1v) is 7.70. The zero-order valence-electron chi connectivity index (χ0n) is 12.8. The maximum Gasteiger partial charge on any atom is 0.307 e. The third-order valence-electron chi connectivity index (χ3n) is 3.18. The predicted molar refractivity (Wildman–Crippen MR) is 86.2 cm³/mol. The summed E-state index contributed by atoms with van der Waals surface area (Å²) in [5.41, 5.74) is 0.466. The molecule has 0 saturated carbocycles. The first-order chi connectivity index (χ1) is 11.1. The summed E-state index contributed by atoms with van der Waals surface area (Å²) in [7, 11) is 0. The molecule has 0 bridgehead atoms. The molecular formula is C17H18ClNO4. The van der Waals surface area contributed by atoms with Gasteiger partial charge < -0.3 is 14.1 Å². The third kappa shape index (κ3) is 5.14. The molecule has 0 fully saturated rings. The van der Waals surface area contributed by atoms with Crippen molar-refractivity contribution in [2.75, 3.05) is 13.2 Å². The molecule has 1 heterocycles. The summed E-state index contributed by atoms with van der Waals surface area (Å²) in [5.74, 6) is 0.0910. The largest absolute Gasteiger partial charge is 0.467 e. The molecule has 5 nitrogen and oxygen atoms in total. The van der Waals surface area contributed by atoms with Crippen molar-refractivity contribution >= 4 is 23.5 Å². The number of hydrogen-bond acceptors (Lipinski definition) is 4. The van der Waals surface area contributed by atoms with Crippen LogP contribution < -0.4 is 0 Å². The number of carbonyl (C=O) groups excluding carboxylic acids is 2. The van der Waals surface area contributed by atoms with Gasteiger partial charge in [0.15, 0.2) is 0 Å². The van der Waals surface area contributed by atoms with Gasteiger partial charge in [0.05, 0.1) is 25.8 Å². The van der Waals surface area contributed by atoms with E-state index in [1.807, 2.05) is 0 Å². The molecule has 6 heteroatoms. The van der Waals surface area contributed by atoms with Crippen LogP contribution in [0.2, 0.25) is 5.02 Å². The number of nitrogens with zero attached hydrogens (tertiary/aromatic N) is 1. The number of benzene rings is 1. The van der Waals surface area contributed by atoms with Crippen molar-refractivity contribution in [2.24, 2.45) is 0 Å². The van der Waals surface area contributed by atoms with Crippen molar-refractivity contribution in [3.05, 3.63) is 59.0 Å². The van der Waals surface area contributed by atoms with Crippen LogP contribution in [0.5, 0.6) is 0 Å². The number of hydrogen-bond donors (Lipinski definition) is 0. The Bertz CT molecular complexity index is 654. The average Bonchev–Trinajstić information content (AvgIpc) is 3.04. The van der Waals surface area contributed by atoms with Crippen molar-refractivity contribution in [3.8, 4) is 0 Å². The van der Waals surface area contributed by atoms with Crippen molar-refractivity contribution in [1.82, 2.24) is 4.90 Å². The van der Waals surface area contributed by atoms with Crippen molar-refractivity contribution < 1.29 is 18.7 Å². The quantitative estimate of drug-likeness (QED) is 0.726. The highest BCUT2D eigenvalue weighted by Crippen LogP contribution is 2.15. The van der Waals surface area contributed by atoms with Gasteiger partial charge in [0.25, 0.3) is 5.91 Å². The molecule has 122 valence electrons. The Hall–Kier alpha value is -2.27. The lowest BCUT2D eigenvalue weighted by Gasteiger charge is -2.21. The van der Waals surface area contributed by atoms with Gasteiger partial charge in [0.1, 0.15) is 5.76 Å². The maximum atomic E-state index is 12.7. The molecule has 1 aromatic carbocycles. The van der Waals surface area contributed by atoms with Gasteiger partial charge in [-0.1, -0.05) is 17.7 Å². The first-order valence-electron chi connectivity index (χ1n) is 7.33. The fourth-order valence-corrected chi connectivity index (χ4v) is 2.30. The molecule has 0 unspecified atom stereocenters. The molecule has 0 spiro atoms. The van der Waals surface area contributed by atoms with Gasteiger partial charge in [-0.3, -0.25) is 9.59 Å². The highest BCUT2D eigenvalue weighted by Gasteiger charge is 2.19. The number of carbonyl (C=O) groups is 2. The van der Waals surface area contributed by atoms with E-state index in [0.29, 0.717) is 23.0 Å². The summed E-state index contributed by atoms with van der Waals surface area (Å²) in [5, 5.41) is 0.485. The summed E-state index contributed by atoms with van der Waals surface area (Å²) >= 11 is 5.94. The van der Waals surface area contributed by atoms with Crippen LogP contribution in [0.25, 0.3) is 0 Å². The lowest BCUT2D eigenvalue weighted by atomic mass is 10.2. The second-order valence-electron chi connectivity index (χ2n) is 4.87. The molecule has 23 heavy (non-hydrogen) atoms. The van der Waals surface area contributed by atoms with Gasteiger partial charge in [0.2, 0.25) is 0 Å². The number of esters is 1. The predicted octanol–water partition coefficient (Wildman–Crippen LogP) is 3.53. The fourth-order valence-electron chi connectivity index (χ4n) is 2.11. The standard InChI is InChI=1S/C17H18ClNO4/c1-2-22-16(20)8-9-19(12-15-7-4-10-23-15)17(21)13-5-3-6-14(18)11-13/h3-7,10-11H,2,8-9,12H2,1H3. The van der Waals surface area contributed by atoms with E-state index in [0.717, 1.165) is 0 Å². The molecule has 0 aliphatic heterocycles. The Kier molecular flexibility index (Phi) is 6.23. The van der Waals surface area contributed by atoms with Crippen molar-refractivity contribution in [2.45, 2.75) is 19.9 Å². The fraction of sp³-hybridized carbons (Fsp3) is 0.294. The Morgan fingerprint density at radius 3 is 2.74 bits per heavy atom. The Labute approximate surface area is 139 Å². The summed E-state index contributed by atoms with van der Waals surface area (Å²) in [6.07, 6.45) is 1.67. The molecule has 0 atom stereocenters. The zero-order chi connectivity index (χ0) is 16.7. The first kappa shape index (κ1) is 17.1. The smallest absolute Gasteiger partial charge is 0.307 e. The number of halogens is 1. The summed E-state index contributed by atoms with van der Waals surface area (Å²) in [4.78, 5) is 25.8. The minimum atomic E-state index is -0.337. The molecule has 0 aliphatic rings. The summed E-state index contributed by atoms with van der Waals surface area (Å²) < 4.78 is 10.2. The monoisotopic (exact) mass is 335 g/mol. The molecular weight excluding hydrogens is 318 g/mol. The van der Waals surface area contributed by atoms with Gasteiger partial charge in [-0.25, -0.2) is 0 Å². The lowest BCUT2D eigenvalue weighted by molar-refractivity contribution is -0.143. The van der Waals surface area contributed by atoms with Crippen LogP contribution >= 0.6 is 11.6 Å². The Morgan fingerprint density at radius 2 is 2.09 bits per heavy atom. The number of rotatable bonds is 7. The zero-order valence-corrected chi connectivity index (χ0v) is 13.6. The van der Waals surface area contributed by atoms with Crippen LogP contribution in [0.1, 0.15) is 29.5 Å². The van der Waals surface area contributed by atoms with Gasteiger partial charge in [-0.05, 0) is 37.3 Å². The van der Waals surface area contributed by atoms with E-state index >= 15 is 0 Å². The molecule has 2 aromatic rings. The van der Waals surface area contributed by atoms with Crippen LogP contribution in [0.3, 0.4) is 0 Å². The third-order valence-corrected chi connectivity index (χ3v) is 3.41. The van der Waals surface area contributed by atoms with Crippen LogP contribution in [-0.4, -0.2) is 29.9 Å². The molecule has 0 radical (unpaired) electrons. The van der Waals surface area contributed by atoms with Crippen LogP contribution in [0.4, 0.5) is 0 Å². The van der Waals surface area contributed by atoms with Crippen molar-refractivity contribution in [1.29, 1.82) is 0 Å². The number of furan rings is 1. The van der Waals surface area contributed by atoms with Gasteiger partial charge in [0, 0.05) is 17.1 Å². The molecule has 0 saturated heterocycles. The number of ether oxygens (including phenoxy) is 1. The molecule has 2 rings (SSSR count). The summed E-state index contributed by atoms with van der Waals surface area (Å²) in [6, 6.07) is 10.2. The Balaban J connectivity index is 2.11. The topological polar surface area (TPSA) is 59.8 Å². The van der Waals surface area contributed by atoms with E-state index in [1.165, 1.54) is 0 Å². The van der Waals surface area contributed by atoms with Crippen LogP contribution in [0.15, 0.2) is 47.1 Å². The van der Waals surface area contributed by atoms with E-state index in [-0.39, 0.29) is 31.4 Å². The minimum absolute atomic E-state index is 0.126. The number of amides is 1. The van der Waals surface area contributed by atoms with Gasteiger partial charge in [-0.2, -0.15) is 0 Å². The average molecular weight is 336 g/mol. The SMILES string of the molecule is CCOC(=O)CCN(Cc1ccco1)C(=O)c1cccc(Cl)c1. The normalized spacial score (nSPS) is 10.3. The molecule has 1 amide bonds. The van der Waals surface area contributed by atoms with Gasteiger partial charge in [-0.15, -0.1) is 0 Å². The molecule has 1 aromatic heterocycles. The van der Waals surface area contributed by atoms with E-state index in [2.05, 4.69) is 0 Å². The van der Waals surface area contributed by atoms with Crippen molar-refractivity contribution in [3.63, 3.8) is 0 Å². The molecule has 0 aliphatic carbocycles. The van der Waals surface area contributed by atoms with Gasteiger partial charge >= 0.3 is 5.97 Å². The highest BCUT2D eigenvalue weighted by atomic mass is 35.5. The van der Waals surface area contributed by atoms with E-state index in [1.54, 1.807) is 54.5 Å². The van der Waals surface area contributed by atoms with E-state index in [9.17, 15) is 9.59 Å². The minimum Gasteiger partial charge on any atom is -0.467 e. The Morgan fingerprint density at radius 1 is 1.26 bits per heavy atom. The second kappa shape index (κ2) is 8.39.